The maximum Gasteiger partial charge on any atom is 0.231 e. The Kier molecular flexibility index (Phi) is 14.9. The van der Waals surface area contributed by atoms with Gasteiger partial charge in [-0.1, -0.05) is 78.7 Å². The summed E-state index contributed by atoms with van der Waals surface area (Å²) in [6, 6.07) is 31.9. The molecule has 2 fully saturated rings. The van der Waals surface area contributed by atoms with E-state index in [0.717, 1.165) is 96.8 Å². The smallest absolute Gasteiger partial charge is 0.231 e. The van der Waals surface area contributed by atoms with Gasteiger partial charge in [-0.2, -0.15) is 0 Å². The monoisotopic (exact) mass is 849 g/mol. The average molecular weight is 850 g/mol. The molecule has 10 heteroatoms. The lowest BCUT2D eigenvalue weighted by Gasteiger charge is -2.58. The van der Waals surface area contributed by atoms with Crippen molar-refractivity contribution in [3.8, 4) is 11.5 Å². The Labute approximate surface area is 363 Å². The van der Waals surface area contributed by atoms with E-state index in [-0.39, 0.29) is 48.4 Å². The molecule has 2 aliphatic carbocycles. The summed E-state index contributed by atoms with van der Waals surface area (Å²) in [6.07, 6.45) is 12.5. The van der Waals surface area contributed by atoms with Crippen LogP contribution in [0, 0.1) is 17.8 Å². The van der Waals surface area contributed by atoms with E-state index >= 15 is 0 Å². The number of nitrogens with zero attached hydrogens (tertiary/aromatic N) is 1. The minimum atomic E-state index is -1.08. The van der Waals surface area contributed by atoms with Gasteiger partial charge in [0, 0.05) is 53.1 Å². The van der Waals surface area contributed by atoms with Gasteiger partial charge >= 0.3 is 0 Å². The molecule has 4 aromatic carbocycles. The van der Waals surface area contributed by atoms with Crippen LogP contribution in [0.4, 0.5) is 0 Å². The van der Waals surface area contributed by atoms with E-state index in [1.165, 1.54) is 15.7 Å². The van der Waals surface area contributed by atoms with E-state index in [4.69, 9.17) is 28.9 Å². The van der Waals surface area contributed by atoms with E-state index in [1.807, 2.05) is 18.2 Å². The molecule has 4 aliphatic rings. The quantitative estimate of drug-likeness (QED) is 0.0390. The number of rotatable bonds is 20. The molecule has 7 atom stereocenters. The molecule has 0 spiro atoms. The van der Waals surface area contributed by atoms with Gasteiger partial charge in [-0.3, -0.25) is 0 Å². The second-order valence-electron chi connectivity index (χ2n) is 16.3. The number of unbranched alkanes of at least 4 members (excludes halogenated alkanes) is 2. The number of allylic oxidation sites excluding steroid dienone is 1. The fourth-order valence-electron chi connectivity index (χ4n) is 9.67. The average Bonchev–Trinajstić information content (AvgIpc) is 3.29. The van der Waals surface area contributed by atoms with Crippen LogP contribution in [0.3, 0.4) is 0 Å². The predicted octanol–water partition coefficient (Wildman–Crippen LogP) is 11.0. The molecular weight excluding hydrogens is 791 g/mol. The van der Waals surface area contributed by atoms with Crippen molar-refractivity contribution in [2.45, 2.75) is 97.2 Å². The normalized spacial score (nSPS) is 26.4. The van der Waals surface area contributed by atoms with Crippen LogP contribution in [0.15, 0.2) is 130 Å². The molecule has 1 saturated heterocycles. The molecule has 0 aromatic heterocycles. The summed E-state index contributed by atoms with van der Waals surface area (Å²) in [5, 5.41) is 27.1. The van der Waals surface area contributed by atoms with E-state index in [0.29, 0.717) is 26.2 Å². The molecule has 0 radical (unpaired) electrons. The lowest BCUT2D eigenvalue weighted by atomic mass is 9.56. The van der Waals surface area contributed by atoms with Gasteiger partial charge in [0.25, 0.3) is 0 Å². The summed E-state index contributed by atoms with van der Waals surface area (Å²) in [5.74, 6) is 1.52. The van der Waals surface area contributed by atoms with Crippen LogP contribution >= 0.6 is 23.5 Å². The van der Waals surface area contributed by atoms with Gasteiger partial charge in [0.2, 0.25) is 12.1 Å². The highest BCUT2D eigenvalue weighted by Gasteiger charge is 2.64. The fourth-order valence-corrected chi connectivity index (χ4v) is 11.8. The number of fused-ring (bicyclic) bond motifs is 3. The molecule has 8 rings (SSSR count). The molecule has 4 aromatic rings. The maximum atomic E-state index is 10.00. The van der Waals surface area contributed by atoms with Crippen LogP contribution in [-0.4, -0.2) is 72.0 Å². The molecule has 0 bridgehead atoms. The zero-order valence-electron chi connectivity index (χ0n) is 34.5. The van der Waals surface area contributed by atoms with Gasteiger partial charge in [-0.15, -0.1) is 30.1 Å². The third-order valence-corrected chi connectivity index (χ3v) is 14.7. The molecule has 2 aliphatic heterocycles. The van der Waals surface area contributed by atoms with Crippen molar-refractivity contribution in [1.29, 1.82) is 0 Å². The van der Waals surface area contributed by atoms with Crippen molar-refractivity contribution in [2.24, 2.45) is 22.9 Å². The molecular formula is C50H59NO7S2. The minimum absolute atomic E-state index is 0.0187. The summed E-state index contributed by atoms with van der Waals surface area (Å²) in [5.41, 5.74) is 3.14. The first kappa shape index (κ1) is 42.9. The molecule has 1 saturated carbocycles. The Morgan fingerprint density at radius 3 is 2.48 bits per heavy atom. The lowest BCUT2D eigenvalue weighted by Crippen LogP contribution is -2.64. The van der Waals surface area contributed by atoms with E-state index in [1.54, 1.807) is 23.5 Å². The Bertz CT molecular complexity index is 2090. The Morgan fingerprint density at radius 2 is 1.68 bits per heavy atom. The van der Waals surface area contributed by atoms with Gasteiger partial charge in [-0.05, 0) is 109 Å². The van der Waals surface area contributed by atoms with Gasteiger partial charge in [-0.25, -0.2) is 0 Å². The van der Waals surface area contributed by atoms with E-state index < -0.39 is 5.79 Å². The van der Waals surface area contributed by atoms with Crippen molar-refractivity contribution in [2.75, 3.05) is 38.8 Å². The van der Waals surface area contributed by atoms with Crippen LogP contribution in [0.25, 0.3) is 10.8 Å². The van der Waals surface area contributed by atoms with Crippen molar-refractivity contribution >= 4 is 40.0 Å². The second-order valence-corrected chi connectivity index (χ2v) is 18.7. The van der Waals surface area contributed by atoms with E-state index in [2.05, 4.69) is 91.5 Å². The summed E-state index contributed by atoms with van der Waals surface area (Å²) in [7, 11) is 0. The first-order valence-corrected chi connectivity index (χ1v) is 23.8. The van der Waals surface area contributed by atoms with Crippen molar-refractivity contribution in [3.63, 3.8) is 0 Å². The summed E-state index contributed by atoms with van der Waals surface area (Å²) >= 11 is 3.57. The highest BCUT2D eigenvalue weighted by molar-refractivity contribution is 8.00. The number of thioether (sulfide) groups is 2. The van der Waals surface area contributed by atoms with Gasteiger partial charge in [0.05, 0.1) is 36.7 Å². The van der Waals surface area contributed by atoms with Crippen molar-refractivity contribution in [3.05, 3.63) is 121 Å². The first-order valence-electron chi connectivity index (χ1n) is 21.9. The molecule has 60 heavy (non-hydrogen) atoms. The molecule has 1 unspecified atom stereocenters. The molecule has 2 N–H and O–H groups in total. The van der Waals surface area contributed by atoms with Crippen LogP contribution in [-0.2, 0) is 14.3 Å². The topological polar surface area (TPSA) is 99.0 Å². The van der Waals surface area contributed by atoms with E-state index in [9.17, 15) is 10.2 Å². The molecule has 318 valence electrons. The number of ether oxygens (including phenoxy) is 4. The zero-order valence-corrected chi connectivity index (χ0v) is 36.1. The number of hydrogen-bond acceptors (Lipinski definition) is 10. The third kappa shape index (κ3) is 9.80. The third-order valence-electron chi connectivity index (χ3n) is 12.4. The predicted molar refractivity (Wildman–Crippen MR) is 242 cm³/mol. The molecule has 8 nitrogen and oxygen atoms in total. The zero-order chi connectivity index (χ0) is 41.2. The van der Waals surface area contributed by atoms with Gasteiger partial charge in [0.15, 0.2) is 0 Å². The first-order chi connectivity index (χ1) is 29.6. The van der Waals surface area contributed by atoms with Crippen LogP contribution in [0.2, 0.25) is 0 Å². The standard InChI is InChI=1S/C50H59NO7S2/c1-2-27-56-50-46(60-40-23-21-35-14-6-7-15-36(35)31-40)34-44(51-58-47-20-10-13-28-55-47)42-32-37(16-8-11-25-52)41(19-9-12-26-53)48(49(42)50)43-33-38(22-24-45(43)57-50)54-29-30-59-39-17-4-3-5-18-39/h2-7,14-15,17-18,21-24,31-33,37,41,46-49,52-53H,1,8-13,16,19-20,25-30,34H2/t37-,41+,46-,47?,48+,49+,50+/m0/s1. The molecule has 2 heterocycles. The summed E-state index contributed by atoms with van der Waals surface area (Å²) in [4.78, 5) is 8.67. The molecule has 0 amide bonds. The summed E-state index contributed by atoms with van der Waals surface area (Å²) in [6.45, 7) is 5.97. The van der Waals surface area contributed by atoms with Crippen molar-refractivity contribution < 1.29 is 34.0 Å². The highest BCUT2D eigenvalue weighted by Crippen LogP contribution is 2.63. The van der Waals surface area contributed by atoms with Gasteiger partial charge in [0.1, 0.15) is 11.5 Å². The minimum Gasteiger partial charge on any atom is -0.493 e. The maximum absolute atomic E-state index is 10.00. The number of benzene rings is 4. The Morgan fingerprint density at radius 1 is 0.867 bits per heavy atom. The number of aliphatic hydroxyl groups is 2. The number of oxime groups is 1. The largest absolute Gasteiger partial charge is 0.493 e. The van der Waals surface area contributed by atoms with Gasteiger partial charge < -0.3 is 34.0 Å². The Balaban J connectivity index is 1.24. The highest BCUT2D eigenvalue weighted by atomic mass is 32.2. The van der Waals surface area contributed by atoms with Crippen LogP contribution in [0.1, 0.15) is 75.7 Å². The second kappa shape index (κ2) is 20.9. The Hall–Kier alpha value is -3.77. The van der Waals surface area contributed by atoms with Crippen LogP contribution < -0.4 is 9.47 Å². The summed E-state index contributed by atoms with van der Waals surface area (Å²) < 4.78 is 27.1. The fraction of sp³-hybridized carbons (Fsp3) is 0.460. The van der Waals surface area contributed by atoms with Crippen LogP contribution in [0.5, 0.6) is 11.5 Å². The number of aliphatic hydroxyl groups excluding tert-OH is 2. The number of hydrogen-bond donors (Lipinski definition) is 2. The van der Waals surface area contributed by atoms with Crippen molar-refractivity contribution in [1.82, 2.24) is 0 Å². The SMILES string of the molecule is C=CCO[C@@]12Oc3ccc(OCCSc4ccccc4)cc3[C@H]3[C@H](CCCCO)[C@@H](CCCCO)C=C(C(=NOC4CCCCO4)C[C@@H]1Sc1ccc4ccccc4c1)[C@H]32. The lowest BCUT2D eigenvalue weighted by molar-refractivity contribution is -0.223.